The minimum atomic E-state index is -0.0507. The third kappa shape index (κ3) is 3.06. The molecule has 1 amide bonds. The first-order valence-electron chi connectivity index (χ1n) is 4.08. The standard InChI is InChI=1S/C9H12N2OS/c1-11-5-2-3-8(7-11)9(12)10-4-6-13/h2-3,5,7H,4,6H2,1H3,(H-,10,12,13)/p+1. The first-order chi connectivity index (χ1) is 6.24. The zero-order valence-electron chi connectivity index (χ0n) is 7.53. The topological polar surface area (TPSA) is 33.0 Å². The van der Waals surface area contributed by atoms with Gasteiger partial charge in [-0.2, -0.15) is 12.6 Å². The van der Waals surface area contributed by atoms with Gasteiger partial charge in [0.15, 0.2) is 12.4 Å². The van der Waals surface area contributed by atoms with Crippen LogP contribution in [0.2, 0.25) is 0 Å². The molecule has 0 aliphatic rings. The summed E-state index contributed by atoms with van der Waals surface area (Å²) in [6.07, 6.45) is 3.67. The first-order valence-corrected chi connectivity index (χ1v) is 4.71. The van der Waals surface area contributed by atoms with E-state index in [1.807, 2.05) is 23.9 Å². The Morgan fingerprint density at radius 3 is 3.08 bits per heavy atom. The molecule has 1 rings (SSSR count). The number of nitrogens with zero attached hydrogens (tertiary/aromatic N) is 1. The predicted molar refractivity (Wildman–Crippen MR) is 53.8 cm³/mol. The number of hydrogen-bond donors (Lipinski definition) is 2. The summed E-state index contributed by atoms with van der Waals surface area (Å²) >= 11 is 4.01. The number of carbonyl (C=O) groups excluding carboxylic acids is 1. The summed E-state index contributed by atoms with van der Waals surface area (Å²) in [7, 11) is 1.88. The number of thiol groups is 1. The van der Waals surface area contributed by atoms with E-state index in [4.69, 9.17) is 0 Å². The summed E-state index contributed by atoms with van der Waals surface area (Å²) < 4.78 is 1.84. The van der Waals surface area contributed by atoms with E-state index < -0.39 is 0 Å². The fourth-order valence-corrected chi connectivity index (χ4v) is 1.11. The second kappa shape index (κ2) is 4.87. The number of amides is 1. The molecule has 1 aromatic heterocycles. The molecule has 70 valence electrons. The van der Waals surface area contributed by atoms with Gasteiger partial charge in [0.25, 0.3) is 5.91 Å². The number of rotatable bonds is 3. The van der Waals surface area contributed by atoms with Gasteiger partial charge in [-0.3, -0.25) is 4.79 Å². The maximum atomic E-state index is 11.4. The van der Waals surface area contributed by atoms with E-state index in [-0.39, 0.29) is 5.91 Å². The molecular weight excluding hydrogens is 184 g/mol. The largest absolute Gasteiger partial charge is 0.351 e. The van der Waals surface area contributed by atoms with E-state index in [0.717, 1.165) is 0 Å². The van der Waals surface area contributed by atoms with Crippen LogP contribution in [-0.2, 0) is 7.05 Å². The van der Waals surface area contributed by atoms with Crippen LogP contribution < -0.4 is 9.88 Å². The van der Waals surface area contributed by atoms with Crippen molar-refractivity contribution >= 4 is 18.5 Å². The Balaban J connectivity index is 2.66. The fourth-order valence-electron chi connectivity index (χ4n) is 0.994. The van der Waals surface area contributed by atoms with Crippen molar-refractivity contribution in [1.29, 1.82) is 0 Å². The molecule has 0 aliphatic heterocycles. The van der Waals surface area contributed by atoms with Gasteiger partial charge in [-0.1, -0.05) is 0 Å². The molecule has 0 fully saturated rings. The molecule has 13 heavy (non-hydrogen) atoms. The molecule has 3 nitrogen and oxygen atoms in total. The Labute approximate surface area is 83.2 Å². The van der Waals surface area contributed by atoms with Crippen molar-refractivity contribution in [3.05, 3.63) is 30.1 Å². The number of nitrogens with one attached hydrogen (secondary N) is 1. The van der Waals surface area contributed by atoms with Crippen LogP contribution in [0, 0.1) is 0 Å². The van der Waals surface area contributed by atoms with Crippen molar-refractivity contribution in [2.75, 3.05) is 12.3 Å². The van der Waals surface area contributed by atoms with Gasteiger partial charge in [0.05, 0.1) is 0 Å². The summed E-state index contributed by atoms with van der Waals surface area (Å²) in [5.41, 5.74) is 0.673. The third-order valence-corrected chi connectivity index (χ3v) is 1.82. The van der Waals surface area contributed by atoms with Crippen molar-refractivity contribution in [2.24, 2.45) is 7.05 Å². The summed E-state index contributed by atoms with van der Waals surface area (Å²) in [6, 6.07) is 3.63. The number of hydrogen-bond acceptors (Lipinski definition) is 2. The van der Waals surface area contributed by atoms with Gasteiger partial charge in [-0.15, -0.1) is 0 Å². The van der Waals surface area contributed by atoms with E-state index in [2.05, 4.69) is 17.9 Å². The normalized spacial score (nSPS) is 9.69. The van der Waals surface area contributed by atoms with E-state index in [9.17, 15) is 4.79 Å². The average molecular weight is 197 g/mol. The highest BCUT2D eigenvalue weighted by Gasteiger charge is 2.06. The molecule has 1 heterocycles. The minimum Gasteiger partial charge on any atom is -0.351 e. The summed E-state index contributed by atoms with van der Waals surface area (Å²) in [5.74, 6) is 0.607. The highest BCUT2D eigenvalue weighted by molar-refractivity contribution is 7.80. The summed E-state index contributed by atoms with van der Waals surface area (Å²) in [5, 5.41) is 2.75. The third-order valence-electron chi connectivity index (χ3n) is 1.60. The molecule has 1 N–H and O–H groups in total. The maximum Gasteiger partial charge on any atom is 0.257 e. The van der Waals surface area contributed by atoms with Crippen molar-refractivity contribution in [1.82, 2.24) is 5.32 Å². The van der Waals surface area contributed by atoms with Gasteiger partial charge in [0.1, 0.15) is 12.6 Å². The number of aryl methyl sites for hydroxylation is 1. The number of pyridine rings is 1. The SMILES string of the molecule is C[n+]1cccc(C(=O)NCCS)c1. The monoisotopic (exact) mass is 197 g/mol. The molecular formula is C9H13N2OS+. The maximum absolute atomic E-state index is 11.4. The van der Waals surface area contributed by atoms with Gasteiger partial charge in [-0.05, 0) is 6.07 Å². The Bertz CT molecular complexity index is 301. The smallest absolute Gasteiger partial charge is 0.257 e. The van der Waals surface area contributed by atoms with Crippen molar-refractivity contribution in [3.63, 3.8) is 0 Å². The summed E-state index contributed by atoms with van der Waals surface area (Å²) in [4.78, 5) is 11.4. The molecule has 0 radical (unpaired) electrons. The van der Waals surface area contributed by atoms with Crippen LogP contribution in [0.15, 0.2) is 24.5 Å². The lowest BCUT2D eigenvalue weighted by Gasteiger charge is -2.00. The van der Waals surface area contributed by atoms with E-state index in [1.165, 1.54) is 0 Å². The number of aromatic nitrogens is 1. The van der Waals surface area contributed by atoms with Crippen LogP contribution in [0.5, 0.6) is 0 Å². The highest BCUT2D eigenvalue weighted by Crippen LogP contribution is 1.93. The van der Waals surface area contributed by atoms with E-state index >= 15 is 0 Å². The van der Waals surface area contributed by atoms with Crippen molar-refractivity contribution in [3.8, 4) is 0 Å². The molecule has 0 saturated carbocycles. The Kier molecular flexibility index (Phi) is 3.76. The lowest BCUT2D eigenvalue weighted by atomic mass is 10.2. The lowest BCUT2D eigenvalue weighted by molar-refractivity contribution is -0.671. The molecule has 0 atom stereocenters. The quantitative estimate of drug-likeness (QED) is 0.525. The van der Waals surface area contributed by atoms with Crippen molar-refractivity contribution in [2.45, 2.75) is 0 Å². The molecule has 0 aliphatic carbocycles. The molecule has 0 saturated heterocycles. The van der Waals surface area contributed by atoms with Gasteiger partial charge in [0.2, 0.25) is 0 Å². The molecule has 0 spiro atoms. The Morgan fingerprint density at radius 1 is 1.69 bits per heavy atom. The Morgan fingerprint density at radius 2 is 2.46 bits per heavy atom. The molecule has 0 unspecified atom stereocenters. The van der Waals surface area contributed by atoms with Crippen LogP contribution in [-0.4, -0.2) is 18.2 Å². The zero-order valence-corrected chi connectivity index (χ0v) is 8.42. The first kappa shape index (κ1) is 10.1. The molecule has 0 bridgehead atoms. The van der Waals surface area contributed by atoms with Gasteiger partial charge in [0, 0.05) is 18.4 Å². The average Bonchev–Trinajstić information content (AvgIpc) is 2.14. The Hall–Kier alpha value is -1.03. The minimum absolute atomic E-state index is 0.0507. The fraction of sp³-hybridized carbons (Fsp3) is 0.333. The van der Waals surface area contributed by atoms with Gasteiger partial charge in [-0.25, -0.2) is 4.57 Å². The number of carbonyl (C=O) groups is 1. The lowest BCUT2D eigenvalue weighted by Crippen LogP contribution is -2.31. The second-order valence-electron chi connectivity index (χ2n) is 2.74. The molecule has 1 aromatic rings. The van der Waals surface area contributed by atoms with Crippen LogP contribution >= 0.6 is 12.6 Å². The van der Waals surface area contributed by atoms with Crippen LogP contribution in [0.4, 0.5) is 0 Å². The predicted octanol–water partition coefficient (Wildman–Crippen LogP) is 0.171. The highest BCUT2D eigenvalue weighted by atomic mass is 32.1. The molecule has 0 aromatic carbocycles. The van der Waals surface area contributed by atoms with Gasteiger partial charge >= 0.3 is 0 Å². The van der Waals surface area contributed by atoms with Crippen LogP contribution in [0.1, 0.15) is 10.4 Å². The second-order valence-corrected chi connectivity index (χ2v) is 3.18. The zero-order chi connectivity index (χ0) is 9.68. The van der Waals surface area contributed by atoms with Crippen LogP contribution in [0.3, 0.4) is 0 Å². The van der Waals surface area contributed by atoms with E-state index in [0.29, 0.717) is 17.9 Å². The van der Waals surface area contributed by atoms with E-state index in [1.54, 1.807) is 12.3 Å². The molecule has 4 heteroatoms. The van der Waals surface area contributed by atoms with Gasteiger partial charge < -0.3 is 5.32 Å². The van der Waals surface area contributed by atoms with Crippen molar-refractivity contribution < 1.29 is 9.36 Å². The summed E-state index contributed by atoms with van der Waals surface area (Å²) in [6.45, 7) is 0.598. The van der Waals surface area contributed by atoms with Crippen LogP contribution in [0.25, 0.3) is 0 Å².